The molecule has 2 aromatic rings. The van der Waals surface area contributed by atoms with E-state index in [1.54, 1.807) is 12.1 Å². The Morgan fingerprint density at radius 2 is 2.00 bits per heavy atom. The maximum atomic E-state index is 14.7. The molecule has 9 heteroatoms. The van der Waals surface area contributed by atoms with Gasteiger partial charge in [0.1, 0.15) is 0 Å². The summed E-state index contributed by atoms with van der Waals surface area (Å²) in [6, 6.07) is 4.73. The van der Waals surface area contributed by atoms with Crippen molar-refractivity contribution >= 4 is 29.2 Å². The monoisotopic (exact) mass is 448 g/mol. The van der Waals surface area contributed by atoms with Gasteiger partial charge in [0.2, 0.25) is 5.91 Å². The number of halogens is 2. The number of rotatable bonds is 4. The molecule has 0 spiro atoms. The van der Waals surface area contributed by atoms with E-state index in [0.29, 0.717) is 21.2 Å². The first-order valence-corrected chi connectivity index (χ1v) is 11.3. The number of nitrogens with one attached hydrogen (secondary N) is 1. The van der Waals surface area contributed by atoms with Gasteiger partial charge in [0, 0.05) is 24.9 Å². The number of nitrogens with zero attached hydrogens (tertiary/aromatic N) is 3. The van der Waals surface area contributed by atoms with Crippen LogP contribution >= 0.6 is 11.8 Å². The van der Waals surface area contributed by atoms with Crippen LogP contribution in [0.5, 0.6) is 0 Å². The lowest BCUT2D eigenvalue weighted by Crippen LogP contribution is -2.41. The number of carbonyl (C=O) groups is 1. The molecule has 1 amide bonds. The van der Waals surface area contributed by atoms with E-state index in [0.717, 1.165) is 49.0 Å². The van der Waals surface area contributed by atoms with E-state index in [-0.39, 0.29) is 16.8 Å². The first-order valence-electron chi connectivity index (χ1n) is 10.4. The number of carbonyl (C=O) groups excluding carboxylic acids is 1. The minimum Gasteiger partial charge on any atom is -0.352 e. The highest BCUT2D eigenvalue weighted by atomic mass is 32.2. The van der Waals surface area contributed by atoms with Crippen LogP contribution in [-0.4, -0.2) is 35.5 Å². The number of hydrogen-bond donors (Lipinski definition) is 1. The average molecular weight is 449 g/mol. The smallest absolute Gasteiger partial charge is 0.293 e. The molecule has 3 heterocycles. The minimum absolute atomic E-state index is 0.185. The van der Waals surface area contributed by atoms with Gasteiger partial charge in [-0.2, -0.15) is 8.78 Å². The summed E-state index contributed by atoms with van der Waals surface area (Å²) in [6.45, 7) is 6.59. The van der Waals surface area contributed by atoms with Crippen LogP contribution in [0.25, 0.3) is 0 Å². The summed E-state index contributed by atoms with van der Waals surface area (Å²) >= 11 is 1.03. The molecule has 0 aliphatic carbocycles. The van der Waals surface area contributed by atoms with Gasteiger partial charge in [-0.25, -0.2) is 4.98 Å². The summed E-state index contributed by atoms with van der Waals surface area (Å²) in [5.41, 5.74) is -0.00217. The first kappa shape index (κ1) is 21.8. The lowest BCUT2D eigenvalue weighted by molar-refractivity contribution is -0.117. The largest absolute Gasteiger partial charge is 0.352 e. The van der Waals surface area contributed by atoms with Gasteiger partial charge in [-0.1, -0.05) is 38.1 Å². The molecule has 0 saturated carbocycles. The molecule has 0 unspecified atom stereocenters. The fraction of sp³-hybridized carbons (Fsp3) is 0.500. The van der Waals surface area contributed by atoms with Crippen molar-refractivity contribution in [2.75, 3.05) is 29.4 Å². The van der Waals surface area contributed by atoms with Crippen molar-refractivity contribution in [2.24, 2.45) is 5.41 Å². The van der Waals surface area contributed by atoms with Crippen molar-refractivity contribution < 1.29 is 13.6 Å². The number of anilines is 2. The SMILES string of the molecule is CCC1(C)CCN(c2ncc(Sc3cccc4c3C(F)(F)CN4C(C)=O)[nH]c2=O)CC1. The summed E-state index contributed by atoms with van der Waals surface area (Å²) < 4.78 is 29.4. The molecule has 1 fully saturated rings. The van der Waals surface area contributed by atoms with Crippen LogP contribution in [0.4, 0.5) is 20.3 Å². The second-order valence-electron chi connectivity index (χ2n) is 8.61. The third-order valence-electron chi connectivity index (χ3n) is 6.49. The number of H-pyrrole nitrogens is 1. The number of alkyl halides is 2. The lowest BCUT2D eigenvalue weighted by Gasteiger charge is -2.39. The summed E-state index contributed by atoms with van der Waals surface area (Å²) in [7, 11) is 0. The molecule has 0 bridgehead atoms. The van der Waals surface area contributed by atoms with Crippen molar-refractivity contribution in [2.45, 2.75) is 55.9 Å². The molecule has 0 radical (unpaired) electrons. The Balaban J connectivity index is 1.58. The van der Waals surface area contributed by atoms with Gasteiger partial charge in [-0.15, -0.1) is 0 Å². The number of benzene rings is 1. The predicted molar refractivity (Wildman–Crippen MR) is 117 cm³/mol. The number of aromatic nitrogens is 2. The highest BCUT2D eigenvalue weighted by Gasteiger charge is 2.47. The second kappa shape index (κ2) is 7.93. The van der Waals surface area contributed by atoms with Crippen LogP contribution in [0, 0.1) is 5.41 Å². The number of piperidine rings is 1. The summed E-state index contributed by atoms with van der Waals surface area (Å²) in [5.74, 6) is -3.22. The Labute approximate surface area is 184 Å². The van der Waals surface area contributed by atoms with E-state index in [4.69, 9.17) is 0 Å². The summed E-state index contributed by atoms with van der Waals surface area (Å²) in [5, 5.41) is 0.384. The molecule has 4 rings (SSSR count). The molecule has 1 saturated heterocycles. The Kier molecular flexibility index (Phi) is 5.57. The number of amides is 1. The quantitative estimate of drug-likeness (QED) is 0.751. The van der Waals surface area contributed by atoms with Crippen molar-refractivity contribution in [3.63, 3.8) is 0 Å². The fourth-order valence-corrected chi connectivity index (χ4v) is 5.22. The maximum Gasteiger partial charge on any atom is 0.293 e. The standard InChI is InChI=1S/C22H26F2N4O2S/c1-4-21(3)8-10-27(11-9-21)19-20(30)26-17(12-25-19)31-16-7-5-6-15-18(16)22(23,24)13-28(15)14(2)29/h5-7,12H,4,8-11,13H2,1-3H3,(H,26,30). The molecule has 0 atom stereocenters. The summed E-state index contributed by atoms with van der Waals surface area (Å²) in [6.07, 6.45) is 4.62. The van der Waals surface area contributed by atoms with Crippen molar-refractivity contribution in [3.05, 3.63) is 40.3 Å². The minimum atomic E-state index is -3.15. The first-order chi connectivity index (χ1) is 14.6. The van der Waals surface area contributed by atoms with Gasteiger partial charge >= 0.3 is 0 Å². The Morgan fingerprint density at radius 1 is 1.29 bits per heavy atom. The van der Waals surface area contributed by atoms with E-state index < -0.39 is 18.4 Å². The van der Waals surface area contributed by atoms with Gasteiger partial charge in [0.05, 0.1) is 29.0 Å². The number of hydrogen-bond acceptors (Lipinski definition) is 5. The number of fused-ring (bicyclic) bond motifs is 1. The molecular formula is C22H26F2N4O2S. The molecule has 2 aliphatic rings. The molecular weight excluding hydrogens is 422 g/mol. The maximum absolute atomic E-state index is 14.7. The third-order valence-corrected chi connectivity index (χ3v) is 7.47. The molecule has 1 aromatic carbocycles. The van der Waals surface area contributed by atoms with Crippen LogP contribution in [0.2, 0.25) is 0 Å². The van der Waals surface area contributed by atoms with Crippen LogP contribution in [-0.2, 0) is 10.7 Å². The molecule has 2 aliphatic heterocycles. The summed E-state index contributed by atoms with van der Waals surface area (Å²) in [4.78, 5) is 35.0. The molecule has 6 nitrogen and oxygen atoms in total. The molecule has 31 heavy (non-hydrogen) atoms. The zero-order valence-corrected chi connectivity index (χ0v) is 18.7. The molecule has 166 valence electrons. The van der Waals surface area contributed by atoms with Crippen LogP contribution in [0.1, 0.15) is 45.6 Å². The van der Waals surface area contributed by atoms with Gasteiger partial charge < -0.3 is 14.8 Å². The van der Waals surface area contributed by atoms with E-state index in [1.165, 1.54) is 19.2 Å². The number of aromatic amines is 1. The van der Waals surface area contributed by atoms with Gasteiger partial charge in [0.25, 0.3) is 11.5 Å². The Bertz CT molecular complexity index is 1060. The van der Waals surface area contributed by atoms with E-state index in [1.807, 2.05) is 4.90 Å². The van der Waals surface area contributed by atoms with Crippen LogP contribution < -0.4 is 15.4 Å². The highest BCUT2D eigenvalue weighted by molar-refractivity contribution is 7.99. The van der Waals surface area contributed by atoms with E-state index in [2.05, 4.69) is 23.8 Å². The van der Waals surface area contributed by atoms with Gasteiger partial charge in [-0.3, -0.25) is 9.59 Å². The zero-order chi connectivity index (χ0) is 22.4. The highest BCUT2D eigenvalue weighted by Crippen LogP contribution is 2.48. The third kappa shape index (κ3) is 4.07. The Morgan fingerprint density at radius 3 is 2.61 bits per heavy atom. The average Bonchev–Trinajstić information content (AvgIpc) is 3.01. The Hall–Kier alpha value is -2.42. The predicted octanol–water partition coefficient (Wildman–Crippen LogP) is 4.40. The van der Waals surface area contributed by atoms with Crippen LogP contribution in [0.3, 0.4) is 0 Å². The van der Waals surface area contributed by atoms with Crippen molar-refractivity contribution in [1.82, 2.24) is 9.97 Å². The molecule has 1 N–H and O–H groups in total. The zero-order valence-electron chi connectivity index (χ0n) is 17.9. The normalized spacial score (nSPS) is 19.4. The second-order valence-corrected chi connectivity index (χ2v) is 9.70. The van der Waals surface area contributed by atoms with E-state index >= 15 is 0 Å². The van der Waals surface area contributed by atoms with E-state index in [9.17, 15) is 18.4 Å². The topological polar surface area (TPSA) is 69.3 Å². The fourth-order valence-electron chi connectivity index (χ4n) is 4.23. The van der Waals surface area contributed by atoms with Gasteiger partial charge in [0.15, 0.2) is 5.82 Å². The van der Waals surface area contributed by atoms with Crippen LogP contribution in [0.15, 0.2) is 39.1 Å². The van der Waals surface area contributed by atoms with Crippen molar-refractivity contribution in [1.29, 1.82) is 0 Å². The van der Waals surface area contributed by atoms with Crippen molar-refractivity contribution in [3.8, 4) is 0 Å². The lowest BCUT2D eigenvalue weighted by atomic mass is 9.78. The molecule has 1 aromatic heterocycles. The van der Waals surface area contributed by atoms with Gasteiger partial charge in [-0.05, 0) is 30.4 Å².